The summed E-state index contributed by atoms with van der Waals surface area (Å²) in [5, 5.41) is 12.4. The van der Waals surface area contributed by atoms with E-state index >= 15 is 0 Å². The number of carbonyl (C=O) groups is 3. The minimum Gasteiger partial charge on any atom is -0.480 e. The Morgan fingerprint density at radius 1 is 1.00 bits per heavy atom. The lowest BCUT2D eigenvalue weighted by Gasteiger charge is -2.17. The van der Waals surface area contributed by atoms with E-state index in [1.165, 1.54) is 0 Å². The smallest absolute Gasteiger partial charge is 0.326 e. The molecule has 0 aliphatic heterocycles. The predicted molar refractivity (Wildman–Crippen MR) is 126 cm³/mol. The van der Waals surface area contributed by atoms with E-state index in [0.717, 1.165) is 10.9 Å². The number of nitrogens with one attached hydrogen (secondary N) is 1. The highest BCUT2D eigenvalue weighted by Gasteiger charge is 2.22. The first-order chi connectivity index (χ1) is 15.8. The zero-order chi connectivity index (χ0) is 24.2. The van der Waals surface area contributed by atoms with Gasteiger partial charge in [-0.05, 0) is 43.5 Å². The molecule has 2 amide bonds. The number of aliphatic carboxylic acids is 1. The molecule has 0 saturated carbocycles. The first-order valence-corrected chi connectivity index (χ1v) is 10.5. The average Bonchev–Trinajstić information content (AvgIpc) is 2.82. The molecule has 174 valence electrons. The molecule has 0 spiro atoms. The van der Waals surface area contributed by atoms with Gasteiger partial charge >= 0.3 is 5.97 Å². The number of carbonyl (C=O) groups excluding carboxylic acids is 2. The fraction of sp³-hybridized carbons (Fsp3) is 0.250. The number of hydrogen-bond donors (Lipinski definition) is 5. The van der Waals surface area contributed by atoms with Crippen LogP contribution in [0, 0.1) is 0 Å². The number of fused-ring (bicyclic) bond motifs is 1. The van der Waals surface area contributed by atoms with Gasteiger partial charge in [0.15, 0.2) is 0 Å². The van der Waals surface area contributed by atoms with Crippen LogP contribution in [0.25, 0.3) is 10.9 Å². The Kier molecular flexibility index (Phi) is 9.94. The number of aromatic nitrogens is 1. The van der Waals surface area contributed by atoms with E-state index in [2.05, 4.69) is 10.3 Å². The Balaban J connectivity index is 0.000000254. The number of nitrogens with two attached hydrogens (primary N) is 3. The van der Waals surface area contributed by atoms with Crippen LogP contribution >= 0.6 is 0 Å². The van der Waals surface area contributed by atoms with Crippen molar-refractivity contribution in [2.75, 3.05) is 6.54 Å². The number of pyridine rings is 1. The second kappa shape index (κ2) is 12.9. The molecule has 3 aromatic rings. The molecule has 2 aromatic carbocycles. The van der Waals surface area contributed by atoms with Crippen molar-refractivity contribution in [1.82, 2.24) is 10.3 Å². The first kappa shape index (κ1) is 25.4. The number of carboxylic acid groups (broad SMARTS) is 1. The van der Waals surface area contributed by atoms with Crippen LogP contribution in [-0.4, -0.2) is 46.5 Å². The van der Waals surface area contributed by atoms with Crippen LogP contribution in [0.5, 0.6) is 0 Å². The highest BCUT2D eigenvalue weighted by molar-refractivity contribution is 6.04. The molecule has 0 aliphatic carbocycles. The summed E-state index contributed by atoms with van der Waals surface area (Å²) < 4.78 is 0. The standard InChI is InChI=1S/C14H21N3O3.C10H8N2O/c15-8-4-7-12(14(19)20)17-13(18)11(16)9-10-5-2-1-3-6-10;11-10(13)8-5-1-3-7-4-2-6-12-9(7)8/h1-3,5-6,11-12H,4,7-9,15-16H2,(H,17,18)(H,19,20);1-6H,(H2,11,13)/t11-,12-;/m0./s1. The fourth-order valence-electron chi connectivity index (χ4n) is 3.12. The maximum absolute atomic E-state index is 11.9. The molecule has 8 N–H and O–H groups in total. The van der Waals surface area contributed by atoms with Crippen molar-refractivity contribution in [3.8, 4) is 0 Å². The molecule has 2 atom stereocenters. The summed E-state index contributed by atoms with van der Waals surface area (Å²) >= 11 is 0. The van der Waals surface area contributed by atoms with Gasteiger partial charge < -0.3 is 27.6 Å². The normalized spacial score (nSPS) is 12.2. The largest absolute Gasteiger partial charge is 0.480 e. The van der Waals surface area contributed by atoms with Crippen molar-refractivity contribution in [2.45, 2.75) is 31.3 Å². The second-order valence-corrected chi connectivity index (χ2v) is 7.37. The molecule has 0 unspecified atom stereocenters. The van der Waals surface area contributed by atoms with Gasteiger partial charge in [-0.25, -0.2) is 4.79 Å². The summed E-state index contributed by atoms with van der Waals surface area (Å²) in [4.78, 5) is 38.0. The summed E-state index contributed by atoms with van der Waals surface area (Å²) in [7, 11) is 0. The second-order valence-electron chi connectivity index (χ2n) is 7.37. The SMILES string of the molecule is NC(=O)c1cccc2cccnc12.NCCC[C@H](NC(=O)[C@@H](N)Cc1ccccc1)C(=O)O. The summed E-state index contributed by atoms with van der Waals surface area (Å²) in [6.45, 7) is 0.385. The monoisotopic (exact) mass is 451 g/mol. The van der Waals surface area contributed by atoms with Crippen LogP contribution in [0.2, 0.25) is 0 Å². The van der Waals surface area contributed by atoms with Crippen molar-refractivity contribution in [1.29, 1.82) is 0 Å². The Hall–Kier alpha value is -3.82. The van der Waals surface area contributed by atoms with Gasteiger partial charge in [0.2, 0.25) is 5.91 Å². The van der Waals surface area contributed by atoms with Crippen LogP contribution < -0.4 is 22.5 Å². The number of nitrogens with zero attached hydrogens (tertiary/aromatic N) is 1. The molecule has 9 nitrogen and oxygen atoms in total. The molecule has 1 aromatic heterocycles. The number of amides is 2. The van der Waals surface area contributed by atoms with Crippen molar-refractivity contribution in [2.24, 2.45) is 17.2 Å². The third kappa shape index (κ3) is 7.99. The molecule has 0 bridgehead atoms. The van der Waals surface area contributed by atoms with Crippen LogP contribution in [-0.2, 0) is 16.0 Å². The van der Waals surface area contributed by atoms with Gasteiger partial charge in [0.1, 0.15) is 6.04 Å². The molecule has 3 rings (SSSR count). The molecule has 0 fully saturated rings. The molecule has 0 aliphatic rings. The van der Waals surface area contributed by atoms with E-state index in [-0.39, 0.29) is 0 Å². The molecule has 33 heavy (non-hydrogen) atoms. The minimum atomic E-state index is -1.07. The van der Waals surface area contributed by atoms with Crippen LogP contribution in [0.15, 0.2) is 66.9 Å². The van der Waals surface area contributed by atoms with Gasteiger partial charge in [-0.1, -0.05) is 48.5 Å². The van der Waals surface area contributed by atoms with Crippen molar-refractivity contribution in [3.05, 3.63) is 78.0 Å². The predicted octanol–water partition coefficient (Wildman–Crippen LogP) is 1.20. The van der Waals surface area contributed by atoms with E-state index in [0.29, 0.717) is 36.9 Å². The van der Waals surface area contributed by atoms with Gasteiger partial charge in [0.25, 0.3) is 5.91 Å². The van der Waals surface area contributed by atoms with Crippen LogP contribution in [0.3, 0.4) is 0 Å². The molecule has 0 radical (unpaired) electrons. The zero-order valence-electron chi connectivity index (χ0n) is 18.2. The van der Waals surface area contributed by atoms with Gasteiger partial charge in [-0.3, -0.25) is 14.6 Å². The topological polar surface area (TPSA) is 174 Å². The maximum Gasteiger partial charge on any atom is 0.326 e. The summed E-state index contributed by atoms with van der Waals surface area (Å²) in [5.41, 5.74) is 18.4. The lowest BCUT2D eigenvalue weighted by molar-refractivity contribution is -0.142. The number of rotatable bonds is 9. The molecule has 1 heterocycles. The summed E-state index contributed by atoms with van der Waals surface area (Å²) in [6, 6.07) is 16.7. The van der Waals surface area contributed by atoms with Gasteiger partial charge in [-0.15, -0.1) is 0 Å². The third-order valence-electron chi connectivity index (χ3n) is 4.84. The van der Waals surface area contributed by atoms with Gasteiger partial charge in [-0.2, -0.15) is 0 Å². The van der Waals surface area contributed by atoms with Crippen molar-refractivity contribution in [3.63, 3.8) is 0 Å². The van der Waals surface area contributed by atoms with E-state index in [4.69, 9.17) is 22.3 Å². The van der Waals surface area contributed by atoms with Gasteiger partial charge in [0.05, 0.1) is 17.1 Å². The molecule has 0 saturated heterocycles. The van der Waals surface area contributed by atoms with Crippen molar-refractivity contribution >= 4 is 28.7 Å². The Bertz CT molecular complexity index is 1070. The third-order valence-corrected chi connectivity index (χ3v) is 4.84. The van der Waals surface area contributed by atoms with E-state index in [1.807, 2.05) is 48.5 Å². The number of para-hydroxylation sites is 1. The minimum absolute atomic E-state index is 0.301. The van der Waals surface area contributed by atoms with E-state index in [1.54, 1.807) is 18.3 Å². The van der Waals surface area contributed by atoms with Crippen LogP contribution in [0.1, 0.15) is 28.8 Å². The molecular weight excluding hydrogens is 422 g/mol. The molecule has 9 heteroatoms. The molecular formula is C24H29N5O4. The summed E-state index contributed by atoms with van der Waals surface area (Å²) in [5.74, 6) is -1.97. The number of benzene rings is 2. The summed E-state index contributed by atoms with van der Waals surface area (Å²) in [6.07, 6.45) is 2.85. The first-order valence-electron chi connectivity index (χ1n) is 10.5. The average molecular weight is 452 g/mol. The Labute approximate surface area is 192 Å². The number of hydrogen-bond acceptors (Lipinski definition) is 6. The highest BCUT2D eigenvalue weighted by atomic mass is 16.4. The van der Waals surface area contributed by atoms with E-state index < -0.39 is 29.9 Å². The Morgan fingerprint density at radius 3 is 2.33 bits per heavy atom. The van der Waals surface area contributed by atoms with Gasteiger partial charge in [0, 0.05) is 11.6 Å². The quantitative estimate of drug-likeness (QED) is 0.325. The Morgan fingerprint density at radius 2 is 1.70 bits per heavy atom. The van der Waals surface area contributed by atoms with E-state index in [9.17, 15) is 14.4 Å². The fourth-order valence-corrected chi connectivity index (χ4v) is 3.12. The number of primary amides is 1. The van der Waals surface area contributed by atoms with Crippen molar-refractivity contribution < 1.29 is 19.5 Å². The zero-order valence-corrected chi connectivity index (χ0v) is 18.2. The maximum atomic E-state index is 11.9. The van der Waals surface area contributed by atoms with Crippen LogP contribution in [0.4, 0.5) is 0 Å². The lowest BCUT2D eigenvalue weighted by Crippen LogP contribution is -2.49. The highest BCUT2D eigenvalue weighted by Crippen LogP contribution is 2.14. The number of carboxylic acids is 1. The lowest BCUT2D eigenvalue weighted by atomic mass is 10.1.